The second kappa shape index (κ2) is 13.3. The van der Waals surface area contributed by atoms with Gasteiger partial charge < -0.3 is 30.5 Å². The van der Waals surface area contributed by atoms with E-state index in [9.17, 15) is 24.6 Å². The number of amides is 3. The summed E-state index contributed by atoms with van der Waals surface area (Å²) in [5, 5.41) is 26.4. The highest BCUT2D eigenvalue weighted by Crippen LogP contribution is 2.33. The van der Waals surface area contributed by atoms with Gasteiger partial charge in [0.1, 0.15) is 23.4 Å². The Morgan fingerprint density at radius 3 is 2.24 bits per heavy atom. The second-order valence-electron chi connectivity index (χ2n) is 10.5. The molecule has 0 fully saturated rings. The molecule has 4 N–H and O–H groups in total. The summed E-state index contributed by atoms with van der Waals surface area (Å²) in [5.41, 5.74) is 1.32. The Morgan fingerprint density at radius 2 is 1.66 bits per heavy atom. The first-order chi connectivity index (χ1) is 17.8. The number of carbonyl (C=O) groups excluding carboxylic acids is 3. The van der Waals surface area contributed by atoms with Gasteiger partial charge in [0.25, 0.3) is 5.91 Å². The number of para-hydroxylation sites is 2. The van der Waals surface area contributed by atoms with Crippen molar-refractivity contribution in [2.45, 2.75) is 72.6 Å². The maximum absolute atomic E-state index is 14.1. The van der Waals surface area contributed by atoms with Gasteiger partial charge in [0.05, 0.1) is 6.61 Å². The van der Waals surface area contributed by atoms with E-state index in [1.54, 1.807) is 58.0 Å². The van der Waals surface area contributed by atoms with Crippen LogP contribution >= 0.6 is 0 Å². The lowest BCUT2D eigenvalue weighted by Gasteiger charge is -2.36. The smallest absolute Gasteiger partial charge is 0.408 e. The Kier molecular flexibility index (Phi) is 10.7. The zero-order chi connectivity index (χ0) is 28.6. The molecule has 2 aromatic rings. The molecule has 2 aromatic carbocycles. The summed E-state index contributed by atoms with van der Waals surface area (Å²) in [6.07, 6.45) is -0.214. The maximum atomic E-state index is 14.1. The van der Waals surface area contributed by atoms with Crippen molar-refractivity contribution in [1.82, 2.24) is 10.2 Å². The number of anilines is 1. The number of benzene rings is 2. The van der Waals surface area contributed by atoms with Crippen molar-refractivity contribution in [3.05, 3.63) is 59.2 Å². The normalized spacial score (nSPS) is 13.7. The molecule has 9 nitrogen and oxygen atoms in total. The molecule has 0 aliphatic carbocycles. The summed E-state index contributed by atoms with van der Waals surface area (Å²) in [7, 11) is 0. The highest BCUT2D eigenvalue weighted by Gasteiger charge is 2.39. The predicted molar refractivity (Wildman–Crippen MR) is 147 cm³/mol. The first kappa shape index (κ1) is 30.6. The van der Waals surface area contributed by atoms with E-state index in [2.05, 4.69) is 10.6 Å². The van der Waals surface area contributed by atoms with Gasteiger partial charge in [0, 0.05) is 17.8 Å². The number of hydrogen-bond acceptors (Lipinski definition) is 6. The van der Waals surface area contributed by atoms with Crippen LogP contribution in [0.5, 0.6) is 5.75 Å². The quantitative estimate of drug-likeness (QED) is 0.361. The lowest BCUT2D eigenvalue weighted by molar-refractivity contribution is -0.142. The Balaban J connectivity index is 2.59. The molecular formula is C29H41N3O6. The van der Waals surface area contributed by atoms with Gasteiger partial charge >= 0.3 is 6.09 Å². The average Bonchev–Trinajstić information content (AvgIpc) is 2.84. The number of alkyl carbamates (subject to hydrolysis) is 1. The zero-order valence-corrected chi connectivity index (χ0v) is 23.4. The topological polar surface area (TPSA) is 128 Å². The molecule has 0 heterocycles. The Hall–Kier alpha value is -3.59. The summed E-state index contributed by atoms with van der Waals surface area (Å²) in [6.45, 7) is 11.7. The number of nitrogens with one attached hydrogen (secondary N) is 2. The molecule has 0 aliphatic heterocycles. The standard InChI is InChI=1S/C29H41N3O6/c1-8-18(2)23(31-28(37)38-29(5,6)7)27(36)32(16-17-33)24(21-14-11-13-20(4)25(21)34)26(35)30-22-15-10-9-12-19(22)3/h9-15,18,23-24,33-34H,8,16-17H2,1-7H3,(H,30,35)(H,31,37). The van der Waals surface area contributed by atoms with Crippen LogP contribution in [0.3, 0.4) is 0 Å². The van der Waals surface area contributed by atoms with E-state index >= 15 is 0 Å². The SMILES string of the molecule is CCC(C)C(NC(=O)OC(C)(C)C)C(=O)N(CCO)C(C(=O)Nc1ccccc1C)c1cccc(C)c1O. The third-order valence-corrected chi connectivity index (χ3v) is 6.30. The first-order valence-electron chi connectivity index (χ1n) is 12.9. The number of hydrogen-bond donors (Lipinski definition) is 4. The highest BCUT2D eigenvalue weighted by atomic mass is 16.6. The van der Waals surface area contributed by atoms with Crippen molar-refractivity contribution in [3.63, 3.8) is 0 Å². The molecule has 0 bridgehead atoms. The van der Waals surface area contributed by atoms with Crippen molar-refractivity contribution >= 4 is 23.6 Å². The maximum Gasteiger partial charge on any atom is 0.408 e. The number of ether oxygens (including phenoxy) is 1. The van der Waals surface area contributed by atoms with Crippen LogP contribution in [-0.4, -0.2) is 57.8 Å². The van der Waals surface area contributed by atoms with Gasteiger partial charge in [-0.25, -0.2) is 4.79 Å². The van der Waals surface area contributed by atoms with E-state index in [-0.39, 0.29) is 23.8 Å². The Labute approximate surface area is 225 Å². The van der Waals surface area contributed by atoms with Crippen molar-refractivity contribution in [2.75, 3.05) is 18.5 Å². The van der Waals surface area contributed by atoms with Crippen LogP contribution in [0.4, 0.5) is 10.5 Å². The van der Waals surface area contributed by atoms with E-state index in [0.717, 1.165) is 5.56 Å². The Bertz CT molecular complexity index is 1130. The minimum absolute atomic E-state index is 0.131. The lowest BCUT2D eigenvalue weighted by atomic mass is 9.95. The first-order valence-corrected chi connectivity index (χ1v) is 12.9. The van der Waals surface area contributed by atoms with E-state index in [1.807, 2.05) is 32.9 Å². The summed E-state index contributed by atoms with van der Waals surface area (Å²) in [5.74, 6) is -1.59. The van der Waals surface area contributed by atoms with E-state index in [0.29, 0.717) is 17.7 Å². The number of phenolic OH excluding ortho intramolecular Hbond substituents is 1. The number of aryl methyl sites for hydroxylation is 2. The van der Waals surface area contributed by atoms with E-state index in [4.69, 9.17) is 4.74 Å². The molecule has 0 saturated heterocycles. The van der Waals surface area contributed by atoms with E-state index < -0.39 is 42.2 Å². The van der Waals surface area contributed by atoms with Gasteiger partial charge in [-0.3, -0.25) is 9.59 Å². The Morgan fingerprint density at radius 1 is 1.03 bits per heavy atom. The minimum atomic E-state index is -1.29. The molecule has 9 heteroatoms. The van der Waals surface area contributed by atoms with Crippen molar-refractivity contribution in [1.29, 1.82) is 0 Å². The van der Waals surface area contributed by atoms with Crippen LogP contribution in [0.15, 0.2) is 42.5 Å². The fourth-order valence-corrected chi connectivity index (χ4v) is 4.04. The molecule has 0 aromatic heterocycles. The number of nitrogens with zero attached hydrogens (tertiary/aromatic N) is 1. The molecule has 0 aliphatic rings. The number of aliphatic hydroxyl groups is 1. The van der Waals surface area contributed by atoms with Gasteiger partial charge in [-0.1, -0.05) is 56.7 Å². The molecular weight excluding hydrogens is 486 g/mol. The summed E-state index contributed by atoms with van der Waals surface area (Å²) in [6, 6.07) is 9.83. The van der Waals surface area contributed by atoms with Crippen LogP contribution in [0, 0.1) is 19.8 Å². The third kappa shape index (κ3) is 7.95. The van der Waals surface area contributed by atoms with Gasteiger partial charge in [0.2, 0.25) is 5.91 Å². The van der Waals surface area contributed by atoms with Crippen molar-refractivity contribution in [2.24, 2.45) is 5.92 Å². The van der Waals surface area contributed by atoms with Crippen molar-refractivity contribution in [3.8, 4) is 5.75 Å². The van der Waals surface area contributed by atoms with Gasteiger partial charge in [-0.2, -0.15) is 0 Å². The number of phenols is 1. The summed E-state index contributed by atoms with van der Waals surface area (Å²) in [4.78, 5) is 41.7. The van der Waals surface area contributed by atoms with Crippen LogP contribution in [0.25, 0.3) is 0 Å². The van der Waals surface area contributed by atoms with Crippen LogP contribution in [0.1, 0.15) is 63.8 Å². The number of carbonyl (C=O) groups is 3. The number of rotatable bonds is 10. The van der Waals surface area contributed by atoms with Gasteiger partial charge in [0.15, 0.2) is 0 Å². The average molecular weight is 528 g/mol. The lowest BCUT2D eigenvalue weighted by Crippen LogP contribution is -2.55. The highest BCUT2D eigenvalue weighted by molar-refractivity contribution is 5.99. The monoisotopic (exact) mass is 527 g/mol. The van der Waals surface area contributed by atoms with Crippen LogP contribution in [0.2, 0.25) is 0 Å². The third-order valence-electron chi connectivity index (χ3n) is 6.30. The van der Waals surface area contributed by atoms with Gasteiger partial charge in [-0.05, 0) is 57.7 Å². The summed E-state index contributed by atoms with van der Waals surface area (Å²) >= 11 is 0. The fourth-order valence-electron chi connectivity index (χ4n) is 4.04. The minimum Gasteiger partial charge on any atom is -0.507 e. The zero-order valence-electron chi connectivity index (χ0n) is 23.4. The molecule has 2 rings (SSSR count). The van der Waals surface area contributed by atoms with Crippen LogP contribution < -0.4 is 10.6 Å². The molecule has 0 radical (unpaired) electrons. The molecule has 3 atom stereocenters. The number of aromatic hydroxyl groups is 1. The number of aliphatic hydroxyl groups excluding tert-OH is 1. The predicted octanol–water partition coefficient (Wildman–Crippen LogP) is 4.45. The van der Waals surface area contributed by atoms with Crippen molar-refractivity contribution < 1.29 is 29.3 Å². The molecule has 3 unspecified atom stereocenters. The van der Waals surface area contributed by atoms with Crippen LogP contribution in [-0.2, 0) is 14.3 Å². The molecule has 3 amide bonds. The van der Waals surface area contributed by atoms with E-state index in [1.165, 1.54) is 4.90 Å². The molecule has 38 heavy (non-hydrogen) atoms. The molecule has 0 spiro atoms. The fraction of sp³-hybridized carbons (Fsp3) is 0.483. The summed E-state index contributed by atoms with van der Waals surface area (Å²) < 4.78 is 5.38. The second-order valence-corrected chi connectivity index (χ2v) is 10.5. The largest absolute Gasteiger partial charge is 0.507 e. The molecule has 208 valence electrons. The molecule has 0 saturated carbocycles. The van der Waals surface area contributed by atoms with Gasteiger partial charge in [-0.15, -0.1) is 0 Å².